The minimum atomic E-state index is 0.0202. The Morgan fingerprint density at radius 1 is 1.11 bits per heavy atom. The Labute approximate surface area is 164 Å². The molecule has 5 heteroatoms. The second-order valence-corrected chi connectivity index (χ2v) is 7.13. The summed E-state index contributed by atoms with van der Waals surface area (Å²) in [4.78, 5) is 18.7. The second-order valence-electron chi connectivity index (χ2n) is 7.13. The van der Waals surface area contributed by atoms with Crippen LogP contribution in [-0.4, -0.2) is 41.6 Å². The number of pyridine rings is 1. The number of amides is 1. The van der Waals surface area contributed by atoms with Gasteiger partial charge in [-0.05, 0) is 36.8 Å². The van der Waals surface area contributed by atoms with E-state index < -0.39 is 0 Å². The van der Waals surface area contributed by atoms with E-state index >= 15 is 0 Å². The van der Waals surface area contributed by atoms with E-state index in [1.54, 1.807) is 6.20 Å². The number of fused-ring (bicyclic) bond motifs is 1. The minimum absolute atomic E-state index is 0.0202. The summed E-state index contributed by atoms with van der Waals surface area (Å²) in [5.41, 5.74) is 2.00. The molecule has 1 fully saturated rings. The van der Waals surface area contributed by atoms with E-state index in [2.05, 4.69) is 4.98 Å². The van der Waals surface area contributed by atoms with Crippen LogP contribution in [0.4, 0.5) is 0 Å². The molecule has 1 amide bonds. The van der Waals surface area contributed by atoms with Crippen LogP contribution in [0.1, 0.15) is 18.4 Å². The van der Waals surface area contributed by atoms with Crippen LogP contribution in [0.5, 0.6) is 11.5 Å². The highest BCUT2D eigenvalue weighted by molar-refractivity contribution is 5.84. The van der Waals surface area contributed by atoms with Gasteiger partial charge < -0.3 is 14.4 Å². The van der Waals surface area contributed by atoms with Gasteiger partial charge in [-0.2, -0.15) is 0 Å². The third-order valence-corrected chi connectivity index (χ3v) is 5.04. The van der Waals surface area contributed by atoms with Crippen molar-refractivity contribution in [2.45, 2.75) is 25.9 Å². The summed E-state index contributed by atoms with van der Waals surface area (Å²) in [6.07, 6.45) is 3.48. The normalized spacial score (nSPS) is 14.8. The molecule has 28 heavy (non-hydrogen) atoms. The molecule has 0 N–H and O–H groups in total. The summed E-state index contributed by atoms with van der Waals surface area (Å²) in [5.74, 6) is 1.56. The first-order valence-corrected chi connectivity index (χ1v) is 9.67. The molecule has 0 spiro atoms. The predicted octanol–water partition coefficient (Wildman–Crippen LogP) is 3.99. The highest BCUT2D eigenvalue weighted by atomic mass is 16.5. The first kappa shape index (κ1) is 18.3. The highest BCUT2D eigenvalue weighted by Crippen LogP contribution is 2.26. The van der Waals surface area contributed by atoms with Crippen LogP contribution in [0.25, 0.3) is 10.9 Å². The molecule has 1 aliphatic heterocycles. The lowest BCUT2D eigenvalue weighted by molar-refractivity contribution is -0.135. The van der Waals surface area contributed by atoms with Gasteiger partial charge in [0.1, 0.15) is 23.1 Å². The zero-order chi connectivity index (χ0) is 19.3. The fraction of sp³-hybridized carbons (Fsp3) is 0.304. The smallest absolute Gasteiger partial charge is 0.260 e. The van der Waals surface area contributed by atoms with Gasteiger partial charge in [0.15, 0.2) is 6.61 Å². The Morgan fingerprint density at radius 2 is 1.89 bits per heavy atom. The van der Waals surface area contributed by atoms with Crippen molar-refractivity contribution in [3.63, 3.8) is 0 Å². The maximum absolute atomic E-state index is 12.4. The van der Waals surface area contributed by atoms with Gasteiger partial charge in [-0.15, -0.1) is 0 Å². The molecule has 0 aliphatic carbocycles. The maximum Gasteiger partial charge on any atom is 0.260 e. The van der Waals surface area contributed by atoms with E-state index in [0.717, 1.165) is 40.8 Å². The molecule has 1 aliphatic rings. The molecule has 1 saturated heterocycles. The lowest BCUT2D eigenvalue weighted by Gasteiger charge is -2.32. The molecule has 0 atom stereocenters. The Morgan fingerprint density at radius 3 is 2.71 bits per heavy atom. The zero-order valence-corrected chi connectivity index (χ0v) is 16.0. The molecule has 2 aromatic carbocycles. The number of aryl methyl sites for hydroxylation is 1. The fourth-order valence-electron chi connectivity index (χ4n) is 3.52. The largest absolute Gasteiger partial charge is 0.488 e. The van der Waals surface area contributed by atoms with E-state index in [1.807, 2.05) is 66.4 Å². The average molecular weight is 376 g/mol. The number of carbonyl (C=O) groups excluding carboxylic acids is 1. The third-order valence-electron chi connectivity index (χ3n) is 5.04. The van der Waals surface area contributed by atoms with Crippen molar-refractivity contribution in [3.05, 3.63) is 66.4 Å². The molecule has 0 radical (unpaired) electrons. The Bertz CT molecular complexity index is 959. The first-order chi connectivity index (χ1) is 13.7. The third kappa shape index (κ3) is 4.25. The monoisotopic (exact) mass is 376 g/mol. The number of hydrogen-bond donors (Lipinski definition) is 0. The van der Waals surface area contributed by atoms with Crippen LogP contribution < -0.4 is 9.47 Å². The lowest BCUT2D eigenvalue weighted by atomic mass is 10.1. The van der Waals surface area contributed by atoms with Gasteiger partial charge in [-0.1, -0.05) is 30.3 Å². The molecule has 0 bridgehead atoms. The maximum atomic E-state index is 12.4. The standard InChI is InChI=1S/C23H24N2O3/c1-17-5-2-8-20(15-17)27-16-22(26)25-13-10-19(11-14-25)28-21-9-3-6-18-7-4-12-24-23(18)21/h2-9,12,15,19H,10-11,13-14,16H2,1H3. The summed E-state index contributed by atoms with van der Waals surface area (Å²) in [7, 11) is 0. The number of rotatable bonds is 5. The number of para-hydroxylation sites is 1. The van der Waals surface area contributed by atoms with Crippen molar-refractivity contribution < 1.29 is 14.3 Å². The molecule has 144 valence electrons. The Hall–Kier alpha value is -3.08. The Kier molecular flexibility index (Phi) is 5.42. The molecular formula is C23H24N2O3. The number of benzene rings is 2. The van der Waals surface area contributed by atoms with Gasteiger partial charge in [-0.3, -0.25) is 9.78 Å². The van der Waals surface area contributed by atoms with Crippen LogP contribution in [0.2, 0.25) is 0 Å². The number of nitrogens with zero attached hydrogens (tertiary/aromatic N) is 2. The summed E-state index contributed by atoms with van der Waals surface area (Å²) < 4.78 is 11.8. The van der Waals surface area contributed by atoms with Crippen molar-refractivity contribution in [3.8, 4) is 11.5 Å². The van der Waals surface area contributed by atoms with Gasteiger partial charge in [0.2, 0.25) is 0 Å². The van der Waals surface area contributed by atoms with Crippen LogP contribution in [0, 0.1) is 6.92 Å². The summed E-state index contributed by atoms with van der Waals surface area (Å²) in [6.45, 7) is 3.44. The van der Waals surface area contributed by atoms with Crippen LogP contribution in [-0.2, 0) is 4.79 Å². The van der Waals surface area contributed by atoms with Crippen molar-refractivity contribution in [2.75, 3.05) is 19.7 Å². The van der Waals surface area contributed by atoms with Gasteiger partial charge in [0.25, 0.3) is 5.91 Å². The van der Waals surface area contributed by atoms with Gasteiger partial charge in [0, 0.05) is 37.5 Å². The van der Waals surface area contributed by atoms with Gasteiger partial charge in [0.05, 0.1) is 0 Å². The van der Waals surface area contributed by atoms with E-state index in [0.29, 0.717) is 13.1 Å². The van der Waals surface area contributed by atoms with Crippen LogP contribution in [0.15, 0.2) is 60.8 Å². The van der Waals surface area contributed by atoms with E-state index in [-0.39, 0.29) is 18.6 Å². The average Bonchev–Trinajstić information content (AvgIpc) is 2.73. The molecule has 3 aromatic rings. The molecule has 0 unspecified atom stereocenters. The number of ether oxygens (including phenoxy) is 2. The quantitative estimate of drug-likeness (QED) is 0.676. The van der Waals surface area contributed by atoms with Crippen LogP contribution >= 0.6 is 0 Å². The van der Waals surface area contributed by atoms with E-state index in [4.69, 9.17) is 9.47 Å². The van der Waals surface area contributed by atoms with E-state index in [1.165, 1.54) is 0 Å². The summed E-state index contributed by atoms with van der Waals surface area (Å²) in [5, 5.41) is 1.07. The number of likely N-dealkylation sites (tertiary alicyclic amines) is 1. The topological polar surface area (TPSA) is 51.7 Å². The molecule has 2 heterocycles. The molecule has 5 nitrogen and oxygen atoms in total. The van der Waals surface area contributed by atoms with Crippen molar-refractivity contribution in [1.82, 2.24) is 9.88 Å². The van der Waals surface area contributed by atoms with E-state index in [9.17, 15) is 4.79 Å². The summed E-state index contributed by atoms with van der Waals surface area (Å²) >= 11 is 0. The van der Waals surface area contributed by atoms with Gasteiger partial charge >= 0.3 is 0 Å². The predicted molar refractivity (Wildman–Crippen MR) is 109 cm³/mol. The van der Waals surface area contributed by atoms with Crippen molar-refractivity contribution in [2.24, 2.45) is 0 Å². The SMILES string of the molecule is Cc1cccc(OCC(=O)N2CCC(Oc3cccc4cccnc34)CC2)c1. The lowest BCUT2D eigenvalue weighted by Crippen LogP contribution is -2.43. The van der Waals surface area contributed by atoms with Gasteiger partial charge in [-0.25, -0.2) is 0 Å². The number of aromatic nitrogens is 1. The Balaban J connectivity index is 1.30. The number of hydrogen-bond acceptors (Lipinski definition) is 4. The molecule has 1 aromatic heterocycles. The van der Waals surface area contributed by atoms with Crippen LogP contribution in [0.3, 0.4) is 0 Å². The highest BCUT2D eigenvalue weighted by Gasteiger charge is 2.24. The van der Waals surface area contributed by atoms with Crippen molar-refractivity contribution >= 4 is 16.8 Å². The first-order valence-electron chi connectivity index (χ1n) is 9.67. The fourth-order valence-corrected chi connectivity index (χ4v) is 3.52. The summed E-state index contributed by atoms with van der Waals surface area (Å²) in [6, 6.07) is 17.7. The molecular weight excluding hydrogens is 352 g/mol. The number of piperidine rings is 1. The zero-order valence-electron chi connectivity index (χ0n) is 16.0. The molecule has 4 rings (SSSR count). The minimum Gasteiger partial charge on any atom is -0.488 e. The van der Waals surface area contributed by atoms with Crippen molar-refractivity contribution in [1.29, 1.82) is 0 Å². The number of carbonyl (C=O) groups is 1. The second kappa shape index (κ2) is 8.30. The molecule has 0 saturated carbocycles.